The van der Waals surface area contributed by atoms with E-state index >= 15 is 0 Å². The van der Waals surface area contributed by atoms with Gasteiger partial charge < -0.3 is 19.6 Å². The number of aliphatic hydroxyl groups excluding tert-OH is 1. The molecular formula is C20H22N2O6. The van der Waals surface area contributed by atoms with Gasteiger partial charge in [-0.2, -0.15) is 0 Å². The zero-order chi connectivity index (χ0) is 20.3. The summed E-state index contributed by atoms with van der Waals surface area (Å²) in [4.78, 5) is 37.4. The molecular weight excluding hydrogens is 364 g/mol. The molecule has 2 atom stereocenters. The summed E-state index contributed by atoms with van der Waals surface area (Å²) in [7, 11) is 0. The van der Waals surface area contributed by atoms with Crippen LogP contribution in [0.3, 0.4) is 0 Å². The van der Waals surface area contributed by atoms with Gasteiger partial charge in [-0.1, -0.05) is 6.92 Å². The summed E-state index contributed by atoms with van der Waals surface area (Å²) >= 11 is 0. The van der Waals surface area contributed by atoms with Gasteiger partial charge in [0.15, 0.2) is 11.3 Å². The topological polar surface area (TPSA) is 109 Å². The van der Waals surface area contributed by atoms with Gasteiger partial charge in [0.1, 0.15) is 24.2 Å². The molecule has 1 aromatic carbocycles. The lowest BCUT2D eigenvalue weighted by molar-refractivity contribution is -0.132. The van der Waals surface area contributed by atoms with Gasteiger partial charge in [-0.05, 0) is 43.3 Å². The van der Waals surface area contributed by atoms with Crippen LogP contribution in [0.4, 0.5) is 4.79 Å². The molecule has 0 saturated carbocycles. The Morgan fingerprint density at radius 3 is 2.61 bits per heavy atom. The Labute approximate surface area is 162 Å². The van der Waals surface area contributed by atoms with Crippen molar-refractivity contribution >= 4 is 17.7 Å². The van der Waals surface area contributed by atoms with E-state index < -0.39 is 23.6 Å². The summed E-state index contributed by atoms with van der Waals surface area (Å²) in [5.74, 6) is 0.323. The molecule has 0 aliphatic carbocycles. The molecule has 8 heteroatoms. The number of rotatable bonds is 8. The fourth-order valence-corrected chi connectivity index (χ4v) is 2.99. The van der Waals surface area contributed by atoms with E-state index in [1.165, 1.54) is 6.26 Å². The van der Waals surface area contributed by atoms with E-state index in [-0.39, 0.29) is 18.9 Å². The fraction of sp³-hybridized carbons (Fsp3) is 0.350. The van der Waals surface area contributed by atoms with Gasteiger partial charge in [-0.3, -0.25) is 14.5 Å². The Morgan fingerprint density at radius 1 is 1.29 bits per heavy atom. The first-order chi connectivity index (χ1) is 13.3. The average molecular weight is 386 g/mol. The third-order valence-electron chi connectivity index (χ3n) is 4.62. The number of ether oxygens (including phenoxy) is 1. The molecule has 8 nitrogen and oxygen atoms in total. The number of β-amino-alcohol motifs (C(OH)–C–C–N with tert-alkyl or cyclic N) is 1. The Kier molecular flexibility index (Phi) is 5.51. The number of nitrogens with zero attached hydrogens (tertiary/aromatic N) is 1. The minimum atomic E-state index is -1.30. The standard InChI is InChI=1S/C20H22N2O6/c1-3-16(24)13-6-8-15(9-7-13)28-12-14(23)11-22-18(25)20(2,21-19(22)26)17-5-4-10-27-17/h4-10,14,23H,3,11-12H2,1-2H3,(H,21,26)/t14-,20+/m1/s1. The van der Waals surface area contributed by atoms with Crippen molar-refractivity contribution in [1.82, 2.24) is 10.2 Å². The first kappa shape index (κ1) is 19.6. The molecule has 0 radical (unpaired) electrons. The molecule has 1 aromatic heterocycles. The van der Waals surface area contributed by atoms with Crippen LogP contribution in [0.5, 0.6) is 5.75 Å². The third-order valence-corrected chi connectivity index (χ3v) is 4.62. The van der Waals surface area contributed by atoms with E-state index in [1.54, 1.807) is 50.2 Å². The van der Waals surface area contributed by atoms with Crippen molar-refractivity contribution in [3.8, 4) is 5.75 Å². The van der Waals surface area contributed by atoms with Crippen molar-refractivity contribution in [2.45, 2.75) is 31.9 Å². The van der Waals surface area contributed by atoms with Gasteiger partial charge in [0.05, 0.1) is 12.8 Å². The molecule has 28 heavy (non-hydrogen) atoms. The van der Waals surface area contributed by atoms with E-state index in [9.17, 15) is 19.5 Å². The van der Waals surface area contributed by atoms with E-state index in [2.05, 4.69) is 5.32 Å². The first-order valence-corrected chi connectivity index (χ1v) is 8.97. The zero-order valence-electron chi connectivity index (χ0n) is 15.7. The number of amides is 3. The van der Waals surface area contributed by atoms with Gasteiger partial charge in [0.2, 0.25) is 0 Å². The highest BCUT2D eigenvalue weighted by Crippen LogP contribution is 2.29. The van der Waals surface area contributed by atoms with Crippen molar-refractivity contribution in [3.05, 3.63) is 54.0 Å². The van der Waals surface area contributed by atoms with Gasteiger partial charge in [-0.25, -0.2) is 4.79 Å². The van der Waals surface area contributed by atoms with Gasteiger partial charge in [-0.15, -0.1) is 0 Å². The highest BCUT2D eigenvalue weighted by Gasteiger charge is 2.51. The lowest BCUT2D eigenvalue weighted by Crippen LogP contribution is -2.42. The molecule has 1 saturated heterocycles. The molecule has 148 valence electrons. The molecule has 1 fully saturated rings. The van der Waals surface area contributed by atoms with Crippen LogP contribution in [0.1, 0.15) is 36.4 Å². The van der Waals surface area contributed by atoms with Crippen molar-refractivity contribution in [2.75, 3.05) is 13.2 Å². The number of urea groups is 1. The summed E-state index contributed by atoms with van der Waals surface area (Å²) in [5, 5.41) is 12.8. The van der Waals surface area contributed by atoms with Crippen LogP contribution >= 0.6 is 0 Å². The molecule has 2 heterocycles. The third kappa shape index (κ3) is 3.77. The number of ketones is 1. The second-order valence-electron chi connectivity index (χ2n) is 6.71. The molecule has 2 N–H and O–H groups in total. The van der Waals surface area contributed by atoms with E-state index in [0.717, 1.165) is 4.90 Å². The van der Waals surface area contributed by atoms with Gasteiger partial charge in [0, 0.05) is 12.0 Å². The SMILES string of the molecule is CCC(=O)c1ccc(OC[C@H](O)CN2C(=O)N[C@@](C)(c3ccco3)C2=O)cc1. The predicted octanol–water partition coefficient (Wildman–Crippen LogP) is 2.08. The summed E-state index contributed by atoms with van der Waals surface area (Å²) in [6.45, 7) is 3.01. The molecule has 1 aliphatic heterocycles. The van der Waals surface area contributed by atoms with Crippen LogP contribution in [-0.4, -0.2) is 47.0 Å². The Morgan fingerprint density at radius 2 is 2.00 bits per heavy atom. The normalized spacial score (nSPS) is 20.2. The minimum absolute atomic E-state index is 0.0322. The summed E-state index contributed by atoms with van der Waals surface area (Å²) in [6, 6.07) is 9.21. The number of Topliss-reactive ketones (excluding diaryl/α,β-unsaturated/α-hetero) is 1. The lowest BCUT2D eigenvalue weighted by Gasteiger charge is -2.20. The molecule has 3 amide bonds. The number of benzene rings is 1. The van der Waals surface area contributed by atoms with Crippen LogP contribution in [0.2, 0.25) is 0 Å². The highest BCUT2D eigenvalue weighted by molar-refractivity contribution is 6.06. The number of carbonyl (C=O) groups excluding carboxylic acids is 3. The monoisotopic (exact) mass is 386 g/mol. The quantitative estimate of drug-likeness (QED) is 0.531. The van der Waals surface area contributed by atoms with Crippen LogP contribution in [0, 0.1) is 0 Å². The number of hydrogen-bond donors (Lipinski definition) is 2. The maximum atomic E-state index is 12.7. The number of imide groups is 1. The number of hydrogen-bond acceptors (Lipinski definition) is 6. The summed E-state index contributed by atoms with van der Waals surface area (Å²) < 4.78 is 10.8. The van der Waals surface area contributed by atoms with Crippen LogP contribution in [0.15, 0.2) is 47.1 Å². The number of aliphatic hydroxyl groups is 1. The maximum absolute atomic E-state index is 12.7. The molecule has 3 rings (SSSR count). The first-order valence-electron chi connectivity index (χ1n) is 8.97. The second-order valence-corrected chi connectivity index (χ2v) is 6.71. The molecule has 2 aromatic rings. The maximum Gasteiger partial charge on any atom is 0.325 e. The molecule has 0 bridgehead atoms. The Balaban J connectivity index is 1.57. The predicted molar refractivity (Wildman–Crippen MR) is 98.9 cm³/mol. The molecule has 0 unspecified atom stereocenters. The van der Waals surface area contributed by atoms with Gasteiger partial charge >= 0.3 is 6.03 Å². The van der Waals surface area contributed by atoms with E-state index in [0.29, 0.717) is 23.5 Å². The Hall–Kier alpha value is -3.13. The van der Waals surface area contributed by atoms with Crippen molar-refractivity contribution in [2.24, 2.45) is 0 Å². The number of nitrogens with one attached hydrogen (secondary N) is 1. The second kappa shape index (κ2) is 7.85. The van der Waals surface area contributed by atoms with Crippen LogP contribution in [-0.2, 0) is 10.3 Å². The Bertz CT molecular complexity index is 861. The average Bonchev–Trinajstić information content (AvgIpc) is 3.31. The van der Waals surface area contributed by atoms with Crippen LogP contribution in [0.25, 0.3) is 0 Å². The fourth-order valence-electron chi connectivity index (χ4n) is 2.99. The van der Waals surface area contributed by atoms with Gasteiger partial charge in [0.25, 0.3) is 5.91 Å². The number of carbonyl (C=O) groups is 3. The largest absolute Gasteiger partial charge is 0.491 e. The van der Waals surface area contributed by atoms with Crippen molar-refractivity contribution in [1.29, 1.82) is 0 Å². The molecule has 0 spiro atoms. The summed E-state index contributed by atoms with van der Waals surface area (Å²) in [6.07, 6.45) is 0.762. The zero-order valence-corrected chi connectivity index (χ0v) is 15.7. The minimum Gasteiger partial charge on any atom is -0.491 e. The number of furan rings is 1. The summed E-state index contributed by atoms with van der Waals surface area (Å²) in [5.41, 5.74) is -0.713. The van der Waals surface area contributed by atoms with E-state index in [4.69, 9.17) is 9.15 Å². The lowest BCUT2D eigenvalue weighted by atomic mass is 9.99. The van der Waals surface area contributed by atoms with Crippen molar-refractivity contribution in [3.63, 3.8) is 0 Å². The molecule has 1 aliphatic rings. The highest BCUT2D eigenvalue weighted by atomic mass is 16.5. The smallest absolute Gasteiger partial charge is 0.325 e. The van der Waals surface area contributed by atoms with Crippen LogP contribution < -0.4 is 10.1 Å². The van der Waals surface area contributed by atoms with Crippen molar-refractivity contribution < 1.29 is 28.6 Å². The van der Waals surface area contributed by atoms with E-state index in [1.807, 2.05) is 0 Å².